The van der Waals surface area contributed by atoms with Gasteiger partial charge in [0.2, 0.25) is 11.8 Å². The summed E-state index contributed by atoms with van der Waals surface area (Å²) in [6, 6.07) is -0.0570. The average Bonchev–Trinajstić information content (AvgIpc) is 2.86. The second kappa shape index (κ2) is 16.6. The van der Waals surface area contributed by atoms with Gasteiger partial charge in [-0.25, -0.2) is 0 Å². The molecule has 1 aliphatic rings. The number of carbonyl (C=O) groups excluding carboxylic acids is 3. The van der Waals surface area contributed by atoms with Crippen LogP contribution in [0.25, 0.3) is 0 Å². The number of amides is 2. The zero-order chi connectivity index (χ0) is 36.6. The lowest BCUT2D eigenvalue weighted by Crippen LogP contribution is -2.55. The molecule has 0 aromatic rings. The molecule has 1 rings (SSSR count). The number of hydrogen-bond acceptors (Lipinski definition) is 7. The highest BCUT2D eigenvalue weighted by molar-refractivity contribution is 5.83. The number of carboxylic acids is 1. The summed E-state index contributed by atoms with van der Waals surface area (Å²) in [7, 11) is 0. The van der Waals surface area contributed by atoms with Gasteiger partial charge in [-0.2, -0.15) is 0 Å². The maximum atomic E-state index is 14.3. The van der Waals surface area contributed by atoms with E-state index in [0.717, 1.165) is 6.42 Å². The Morgan fingerprint density at radius 1 is 0.809 bits per heavy atom. The Bertz CT molecular complexity index is 1060. The second-order valence-electron chi connectivity index (χ2n) is 18.2. The Labute approximate surface area is 285 Å². The molecule has 0 aliphatic carbocycles. The molecule has 10 heteroatoms. The third-order valence-electron chi connectivity index (χ3n) is 9.03. The van der Waals surface area contributed by atoms with Crippen LogP contribution in [0, 0.1) is 21.7 Å². The number of piperidine rings is 1. The van der Waals surface area contributed by atoms with Crippen molar-refractivity contribution < 1.29 is 33.8 Å². The van der Waals surface area contributed by atoms with E-state index in [-0.39, 0.29) is 47.5 Å². The summed E-state index contributed by atoms with van der Waals surface area (Å²) in [6.45, 7) is 27.6. The fourth-order valence-corrected chi connectivity index (χ4v) is 7.52. The third-order valence-corrected chi connectivity index (χ3v) is 9.03. The highest BCUT2D eigenvalue weighted by atomic mass is 16.5. The SMILES string of the molecule is CC(=O)CC(C)(C)CC(C)(C)C(=O)N(CCOC(C)(N)CCOC(C)(C)CCC(=O)O)C1CCN(C(=O)C(C)(C)CC(C)(C)C)CC1. The van der Waals surface area contributed by atoms with E-state index in [1.165, 1.54) is 0 Å². The number of carbonyl (C=O) groups is 4. The number of aliphatic carboxylic acids is 1. The highest BCUT2D eigenvalue weighted by Gasteiger charge is 2.42. The first-order valence-corrected chi connectivity index (χ1v) is 17.5. The molecule has 0 spiro atoms. The van der Waals surface area contributed by atoms with Gasteiger partial charge in [0.1, 0.15) is 11.5 Å². The molecule has 1 fully saturated rings. The summed E-state index contributed by atoms with van der Waals surface area (Å²) in [5.74, 6) is -0.588. The molecule has 0 aromatic heterocycles. The van der Waals surface area contributed by atoms with Crippen LogP contribution in [0.1, 0.15) is 141 Å². The van der Waals surface area contributed by atoms with Crippen molar-refractivity contribution in [2.45, 2.75) is 159 Å². The average molecular weight is 668 g/mol. The van der Waals surface area contributed by atoms with E-state index in [0.29, 0.717) is 64.8 Å². The van der Waals surface area contributed by atoms with Gasteiger partial charge in [-0.3, -0.25) is 14.4 Å². The van der Waals surface area contributed by atoms with Crippen LogP contribution >= 0.6 is 0 Å². The van der Waals surface area contributed by atoms with Crippen LogP contribution in [-0.4, -0.2) is 88.7 Å². The van der Waals surface area contributed by atoms with Crippen molar-refractivity contribution in [2.75, 3.05) is 32.8 Å². The lowest BCUT2D eigenvalue weighted by Gasteiger charge is -2.45. The first-order chi connectivity index (χ1) is 21.1. The normalized spacial score (nSPS) is 16.9. The van der Waals surface area contributed by atoms with Crippen LogP contribution in [0.3, 0.4) is 0 Å². The molecule has 10 nitrogen and oxygen atoms in total. The van der Waals surface area contributed by atoms with Gasteiger partial charge in [0, 0.05) is 55.8 Å². The van der Waals surface area contributed by atoms with Gasteiger partial charge < -0.3 is 34.9 Å². The van der Waals surface area contributed by atoms with Gasteiger partial charge in [0.15, 0.2) is 0 Å². The zero-order valence-electron chi connectivity index (χ0n) is 32.1. The first-order valence-electron chi connectivity index (χ1n) is 17.5. The summed E-state index contributed by atoms with van der Waals surface area (Å²) >= 11 is 0. The molecule has 274 valence electrons. The van der Waals surface area contributed by atoms with Crippen molar-refractivity contribution in [1.29, 1.82) is 0 Å². The Hall–Kier alpha value is -2.04. The minimum absolute atomic E-state index is 0.0119. The molecule has 1 saturated heterocycles. The quantitative estimate of drug-likeness (QED) is 0.150. The maximum absolute atomic E-state index is 14.3. The Balaban J connectivity index is 3.04. The Morgan fingerprint density at radius 2 is 1.36 bits per heavy atom. The number of likely N-dealkylation sites (tertiary alicyclic amines) is 1. The minimum Gasteiger partial charge on any atom is -0.481 e. The molecule has 1 heterocycles. The predicted molar refractivity (Wildman–Crippen MR) is 187 cm³/mol. The molecule has 2 amide bonds. The van der Waals surface area contributed by atoms with Gasteiger partial charge in [-0.1, -0.05) is 62.3 Å². The number of hydrogen-bond donors (Lipinski definition) is 2. The van der Waals surface area contributed by atoms with Crippen LogP contribution in [-0.2, 0) is 28.7 Å². The van der Waals surface area contributed by atoms with Crippen LogP contribution in [0.4, 0.5) is 0 Å². The molecule has 0 bridgehead atoms. The topological polar surface area (TPSA) is 139 Å². The molecule has 3 N–H and O–H groups in total. The molecule has 0 radical (unpaired) electrons. The molecule has 1 unspecified atom stereocenters. The summed E-state index contributed by atoms with van der Waals surface area (Å²) < 4.78 is 12.1. The standard InChI is InChI=1S/C37H69N3O7/c1-27(41)24-33(5,6)26-35(9,10)31(45)40(21-23-47-37(13,38)18-22-46-36(11,12)17-14-29(42)43)28-15-19-39(20-16-28)30(44)34(7,8)25-32(2,3)4/h28H,14-26,38H2,1-13H3,(H,42,43). The smallest absolute Gasteiger partial charge is 0.303 e. The van der Waals surface area contributed by atoms with Crippen molar-refractivity contribution >= 4 is 23.6 Å². The zero-order valence-corrected chi connectivity index (χ0v) is 32.1. The van der Waals surface area contributed by atoms with Gasteiger partial charge in [0.05, 0.1) is 18.8 Å². The van der Waals surface area contributed by atoms with Crippen molar-refractivity contribution in [3.63, 3.8) is 0 Å². The van der Waals surface area contributed by atoms with Gasteiger partial charge >= 0.3 is 5.97 Å². The molecule has 1 atom stereocenters. The van der Waals surface area contributed by atoms with Crippen molar-refractivity contribution in [1.82, 2.24) is 9.80 Å². The Morgan fingerprint density at radius 3 is 1.85 bits per heavy atom. The third kappa shape index (κ3) is 15.8. The number of rotatable bonds is 19. The van der Waals surface area contributed by atoms with Crippen molar-refractivity contribution in [3.8, 4) is 0 Å². The molecular weight excluding hydrogens is 598 g/mol. The fraction of sp³-hybridized carbons (Fsp3) is 0.892. The Kier molecular flexibility index (Phi) is 15.2. The molecular formula is C37H69N3O7. The van der Waals surface area contributed by atoms with E-state index in [1.807, 2.05) is 65.2 Å². The number of nitrogens with zero attached hydrogens (tertiary/aromatic N) is 2. The van der Waals surface area contributed by atoms with Gasteiger partial charge in [0.25, 0.3) is 0 Å². The van der Waals surface area contributed by atoms with E-state index in [2.05, 4.69) is 20.8 Å². The number of nitrogens with two attached hydrogens (primary N) is 1. The van der Waals surface area contributed by atoms with Crippen LogP contribution in [0.15, 0.2) is 0 Å². The minimum atomic E-state index is -1.01. The highest BCUT2D eigenvalue weighted by Crippen LogP contribution is 2.39. The second-order valence-corrected chi connectivity index (χ2v) is 18.2. The van der Waals surface area contributed by atoms with E-state index in [9.17, 15) is 19.2 Å². The lowest BCUT2D eigenvalue weighted by atomic mass is 9.72. The molecule has 1 aliphatic heterocycles. The lowest BCUT2D eigenvalue weighted by molar-refractivity contribution is -0.151. The van der Waals surface area contributed by atoms with Crippen LogP contribution < -0.4 is 5.73 Å². The number of carboxylic acid groups (broad SMARTS) is 1. The molecule has 0 aromatic carbocycles. The van der Waals surface area contributed by atoms with Gasteiger partial charge in [-0.15, -0.1) is 0 Å². The van der Waals surface area contributed by atoms with Crippen molar-refractivity contribution in [2.24, 2.45) is 27.4 Å². The fourth-order valence-electron chi connectivity index (χ4n) is 7.52. The van der Waals surface area contributed by atoms with Gasteiger partial charge in [-0.05, 0) is 70.6 Å². The van der Waals surface area contributed by atoms with Crippen molar-refractivity contribution in [3.05, 3.63) is 0 Å². The largest absolute Gasteiger partial charge is 0.481 e. The number of ketones is 1. The maximum Gasteiger partial charge on any atom is 0.303 e. The summed E-state index contributed by atoms with van der Waals surface area (Å²) in [5.41, 5.74) is 3.38. The molecule has 47 heavy (non-hydrogen) atoms. The predicted octanol–water partition coefficient (Wildman–Crippen LogP) is 6.43. The summed E-state index contributed by atoms with van der Waals surface area (Å²) in [4.78, 5) is 54.7. The summed E-state index contributed by atoms with van der Waals surface area (Å²) in [5, 5.41) is 9.00. The van der Waals surface area contributed by atoms with E-state index >= 15 is 0 Å². The van der Waals surface area contributed by atoms with Crippen LogP contribution in [0.2, 0.25) is 0 Å². The van der Waals surface area contributed by atoms with E-state index in [4.69, 9.17) is 20.3 Å². The number of ether oxygens (including phenoxy) is 2. The number of Topliss-reactive ketones (excluding diaryl/α,β-unsaturated/α-hetero) is 1. The van der Waals surface area contributed by atoms with Crippen LogP contribution in [0.5, 0.6) is 0 Å². The first kappa shape index (κ1) is 43.0. The monoisotopic (exact) mass is 668 g/mol. The molecule has 0 saturated carbocycles. The van der Waals surface area contributed by atoms with E-state index in [1.54, 1.807) is 13.8 Å². The van der Waals surface area contributed by atoms with E-state index < -0.39 is 28.1 Å². The summed E-state index contributed by atoms with van der Waals surface area (Å²) in [6.07, 6.45) is 3.90.